The topological polar surface area (TPSA) is 42.7 Å². The monoisotopic (exact) mass is 433 g/mol. The molecule has 0 bridgehead atoms. The maximum atomic E-state index is 12.7. The minimum absolute atomic E-state index is 0.0627. The molecule has 6 heteroatoms. The Balaban J connectivity index is 1.70. The molecule has 4 nitrogen and oxygen atoms in total. The predicted octanol–water partition coefficient (Wildman–Crippen LogP) is 5.30. The third-order valence-electron chi connectivity index (χ3n) is 3.77. The normalized spacial score (nSPS) is 10.5. The van der Waals surface area contributed by atoms with Gasteiger partial charge in [-0.05, 0) is 48.0 Å². The molecule has 0 N–H and O–H groups in total. The van der Waals surface area contributed by atoms with Gasteiger partial charge in [-0.2, -0.15) is 0 Å². The Morgan fingerprint density at radius 1 is 1.04 bits per heavy atom. The van der Waals surface area contributed by atoms with Gasteiger partial charge in [-0.1, -0.05) is 45.7 Å². The van der Waals surface area contributed by atoms with Crippen LogP contribution in [0, 0.1) is 0 Å². The van der Waals surface area contributed by atoms with Crippen molar-refractivity contribution < 1.29 is 13.9 Å². The van der Waals surface area contributed by atoms with Crippen LogP contribution in [0.25, 0.3) is 0 Å². The van der Waals surface area contributed by atoms with E-state index in [2.05, 4.69) is 15.9 Å². The first-order chi connectivity index (χ1) is 12.6. The number of rotatable bonds is 7. The number of hydrogen-bond acceptors (Lipinski definition) is 3. The van der Waals surface area contributed by atoms with E-state index in [1.807, 2.05) is 54.6 Å². The molecule has 0 spiro atoms. The van der Waals surface area contributed by atoms with Crippen LogP contribution in [0.15, 0.2) is 75.8 Å². The zero-order chi connectivity index (χ0) is 18.4. The molecule has 0 atom stereocenters. The third kappa shape index (κ3) is 5.13. The summed E-state index contributed by atoms with van der Waals surface area (Å²) >= 11 is 9.62. The number of benzene rings is 2. The number of amides is 1. The van der Waals surface area contributed by atoms with Crippen molar-refractivity contribution in [3.05, 3.63) is 87.7 Å². The van der Waals surface area contributed by atoms with Gasteiger partial charge in [0.25, 0.3) is 5.91 Å². The van der Waals surface area contributed by atoms with Crippen LogP contribution in [-0.2, 0) is 17.9 Å². The van der Waals surface area contributed by atoms with E-state index >= 15 is 0 Å². The van der Waals surface area contributed by atoms with Crippen LogP contribution < -0.4 is 4.74 Å². The molecule has 1 heterocycles. The fourth-order valence-corrected chi connectivity index (χ4v) is 2.88. The SMILES string of the molecule is O=C(COc1ccc(Br)cc1)N(Cc1ccco1)Cc1ccccc1Cl. The summed E-state index contributed by atoms with van der Waals surface area (Å²) in [6.07, 6.45) is 1.59. The van der Waals surface area contributed by atoms with E-state index in [4.69, 9.17) is 20.8 Å². The number of carbonyl (C=O) groups excluding carboxylic acids is 1. The van der Waals surface area contributed by atoms with Gasteiger partial charge in [-0.15, -0.1) is 0 Å². The van der Waals surface area contributed by atoms with Crippen molar-refractivity contribution in [2.75, 3.05) is 6.61 Å². The molecule has 2 aromatic carbocycles. The summed E-state index contributed by atoms with van der Waals surface area (Å²) in [6, 6.07) is 18.5. The first kappa shape index (κ1) is 18.5. The van der Waals surface area contributed by atoms with Crippen molar-refractivity contribution in [3.8, 4) is 5.75 Å². The highest BCUT2D eigenvalue weighted by Gasteiger charge is 2.18. The Bertz CT molecular complexity index is 850. The molecular weight excluding hydrogens is 418 g/mol. The van der Waals surface area contributed by atoms with Crippen molar-refractivity contribution in [1.82, 2.24) is 4.90 Å². The predicted molar refractivity (Wildman–Crippen MR) is 104 cm³/mol. The van der Waals surface area contributed by atoms with Crippen molar-refractivity contribution in [1.29, 1.82) is 0 Å². The van der Waals surface area contributed by atoms with Crippen LogP contribution in [0.2, 0.25) is 5.02 Å². The number of nitrogens with zero attached hydrogens (tertiary/aromatic N) is 1. The fourth-order valence-electron chi connectivity index (χ4n) is 2.42. The summed E-state index contributed by atoms with van der Waals surface area (Å²) in [5.41, 5.74) is 0.873. The van der Waals surface area contributed by atoms with E-state index in [0.717, 1.165) is 10.0 Å². The highest BCUT2D eigenvalue weighted by atomic mass is 79.9. The van der Waals surface area contributed by atoms with Gasteiger partial charge in [0.05, 0.1) is 12.8 Å². The number of ether oxygens (including phenoxy) is 1. The second-order valence-electron chi connectivity index (χ2n) is 5.66. The molecule has 0 fully saturated rings. The lowest BCUT2D eigenvalue weighted by atomic mass is 10.2. The number of carbonyl (C=O) groups is 1. The molecule has 0 unspecified atom stereocenters. The first-order valence-corrected chi connectivity index (χ1v) is 9.21. The lowest BCUT2D eigenvalue weighted by Crippen LogP contribution is -2.34. The summed E-state index contributed by atoms with van der Waals surface area (Å²) in [6.45, 7) is 0.663. The molecule has 0 aliphatic carbocycles. The Labute approximate surface area is 165 Å². The highest BCUT2D eigenvalue weighted by molar-refractivity contribution is 9.10. The van der Waals surface area contributed by atoms with Gasteiger partial charge >= 0.3 is 0 Å². The number of hydrogen-bond donors (Lipinski definition) is 0. The van der Waals surface area contributed by atoms with Gasteiger partial charge in [0.1, 0.15) is 11.5 Å². The number of halogens is 2. The van der Waals surface area contributed by atoms with Gasteiger partial charge in [0, 0.05) is 16.0 Å². The molecule has 0 aliphatic rings. The van der Waals surface area contributed by atoms with E-state index in [1.54, 1.807) is 17.2 Å². The van der Waals surface area contributed by atoms with Gasteiger partial charge in [0.2, 0.25) is 0 Å². The molecule has 26 heavy (non-hydrogen) atoms. The zero-order valence-corrected chi connectivity index (χ0v) is 16.2. The highest BCUT2D eigenvalue weighted by Crippen LogP contribution is 2.20. The minimum atomic E-state index is -0.149. The van der Waals surface area contributed by atoms with Crippen LogP contribution in [0.1, 0.15) is 11.3 Å². The smallest absolute Gasteiger partial charge is 0.261 e. The Morgan fingerprint density at radius 3 is 2.50 bits per heavy atom. The average Bonchev–Trinajstić information content (AvgIpc) is 3.15. The summed E-state index contributed by atoms with van der Waals surface area (Å²) in [7, 11) is 0. The summed E-state index contributed by atoms with van der Waals surface area (Å²) < 4.78 is 12.0. The van der Waals surface area contributed by atoms with Gasteiger partial charge in [-0.25, -0.2) is 0 Å². The van der Waals surface area contributed by atoms with E-state index < -0.39 is 0 Å². The molecule has 0 aliphatic heterocycles. The summed E-state index contributed by atoms with van der Waals surface area (Å²) in [4.78, 5) is 14.4. The third-order valence-corrected chi connectivity index (χ3v) is 4.67. The van der Waals surface area contributed by atoms with Crippen LogP contribution >= 0.6 is 27.5 Å². The molecule has 3 rings (SSSR count). The van der Waals surface area contributed by atoms with E-state index in [-0.39, 0.29) is 12.5 Å². The molecule has 0 saturated carbocycles. The quantitative estimate of drug-likeness (QED) is 0.506. The Morgan fingerprint density at radius 2 is 1.81 bits per heavy atom. The summed E-state index contributed by atoms with van der Waals surface area (Å²) in [5, 5.41) is 0.624. The molecule has 1 amide bonds. The van der Waals surface area contributed by atoms with Crippen LogP contribution in [-0.4, -0.2) is 17.4 Å². The molecule has 134 valence electrons. The second-order valence-corrected chi connectivity index (χ2v) is 6.99. The largest absolute Gasteiger partial charge is 0.484 e. The Kier molecular flexibility index (Phi) is 6.36. The van der Waals surface area contributed by atoms with Gasteiger partial charge in [0.15, 0.2) is 6.61 Å². The fraction of sp³-hybridized carbons (Fsp3) is 0.150. The average molecular weight is 435 g/mol. The molecule has 0 radical (unpaired) electrons. The standard InChI is InChI=1S/C20H17BrClNO3/c21-16-7-9-17(10-8-16)26-14-20(24)23(13-18-5-3-11-25-18)12-15-4-1-2-6-19(15)22/h1-11H,12-14H2. The molecule has 3 aromatic rings. The lowest BCUT2D eigenvalue weighted by molar-refractivity contribution is -0.134. The molecular formula is C20H17BrClNO3. The van der Waals surface area contributed by atoms with Gasteiger partial charge in [-0.3, -0.25) is 4.79 Å². The van der Waals surface area contributed by atoms with E-state index in [0.29, 0.717) is 29.6 Å². The maximum absolute atomic E-state index is 12.7. The second kappa shape index (κ2) is 8.92. The van der Waals surface area contributed by atoms with Crippen molar-refractivity contribution in [2.45, 2.75) is 13.1 Å². The van der Waals surface area contributed by atoms with Crippen molar-refractivity contribution >= 4 is 33.4 Å². The Hall–Kier alpha value is -2.24. The van der Waals surface area contributed by atoms with Crippen LogP contribution in [0.4, 0.5) is 0 Å². The van der Waals surface area contributed by atoms with Crippen molar-refractivity contribution in [2.24, 2.45) is 0 Å². The molecule has 1 aromatic heterocycles. The van der Waals surface area contributed by atoms with E-state index in [1.165, 1.54) is 0 Å². The maximum Gasteiger partial charge on any atom is 0.261 e. The van der Waals surface area contributed by atoms with Crippen LogP contribution in [0.5, 0.6) is 5.75 Å². The summed E-state index contributed by atoms with van der Waals surface area (Å²) in [5.74, 6) is 1.19. The van der Waals surface area contributed by atoms with Crippen molar-refractivity contribution in [3.63, 3.8) is 0 Å². The minimum Gasteiger partial charge on any atom is -0.484 e. The molecule has 0 saturated heterocycles. The zero-order valence-electron chi connectivity index (χ0n) is 13.9. The first-order valence-electron chi connectivity index (χ1n) is 8.04. The number of furan rings is 1. The van der Waals surface area contributed by atoms with E-state index in [9.17, 15) is 4.79 Å². The van der Waals surface area contributed by atoms with Crippen LogP contribution in [0.3, 0.4) is 0 Å². The lowest BCUT2D eigenvalue weighted by Gasteiger charge is -2.22. The van der Waals surface area contributed by atoms with Gasteiger partial charge < -0.3 is 14.1 Å².